The Labute approximate surface area is 172 Å². The highest BCUT2D eigenvalue weighted by molar-refractivity contribution is 7.99. The Balaban J connectivity index is 2.00. The molecule has 5 heteroatoms. The van der Waals surface area contributed by atoms with Crippen LogP contribution in [0.2, 0.25) is 0 Å². The van der Waals surface area contributed by atoms with Gasteiger partial charge in [0.2, 0.25) is 11.8 Å². The van der Waals surface area contributed by atoms with Gasteiger partial charge in [-0.2, -0.15) is 0 Å². The van der Waals surface area contributed by atoms with Crippen molar-refractivity contribution in [3.8, 4) is 0 Å². The molecule has 0 saturated carbocycles. The predicted molar refractivity (Wildman–Crippen MR) is 117 cm³/mol. The molecular formula is C23H30N2O2S. The average Bonchev–Trinajstić information content (AvgIpc) is 2.72. The lowest BCUT2D eigenvalue weighted by atomic mass is 10.1. The van der Waals surface area contributed by atoms with Gasteiger partial charge in [0.05, 0.1) is 5.75 Å². The minimum Gasteiger partial charge on any atom is -0.357 e. The number of hydrogen-bond donors (Lipinski definition) is 1. The lowest BCUT2D eigenvalue weighted by molar-refractivity contribution is -0.138. The zero-order valence-corrected chi connectivity index (χ0v) is 17.8. The second kappa shape index (κ2) is 11.5. The summed E-state index contributed by atoms with van der Waals surface area (Å²) in [6.45, 7) is 4.55. The quantitative estimate of drug-likeness (QED) is 0.662. The SMILES string of the molecule is CC[C@@H](C(=O)NC)N(CCc1ccccc1)C(=O)CSCc1ccc(C)cc1. The maximum Gasteiger partial charge on any atom is 0.242 e. The van der Waals surface area contributed by atoms with Gasteiger partial charge in [-0.05, 0) is 30.9 Å². The van der Waals surface area contributed by atoms with Crippen molar-refractivity contribution in [3.63, 3.8) is 0 Å². The molecule has 0 fully saturated rings. The molecule has 1 N–H and O–H groups in total. The van der Waals surface area contributed by atoms with Crippen LogP contribution in [-0.4, -0.2) is 42.1 Å². The van der Waals surface area contributed by atoms with Gasteiger partial charge in [-0.25, -0.2) is 0 Å². The number of benzene rings is 2. The van der Waals surface area contributed by atoms with Gasteiger partial charge in [0.1, 0.15) is 6.04 Å². The van der Waals surface area contributed by atoms with Crippen molar-refractivity contribution in [2.75, 3.05) is 19.3 Å². The minimum absolute atomic E-state index is 0.0171. The lowest BCUT2D eigenvalue weighted by Crippen LogP contribution is -2.50. The zero-order chi connectivity index (χ0) is 20.4. The Morgan fingerprint density at radius 3 is 2.32 bits per heavy atom. The van der Waals surface area contributed by atoms with E-state index in [4.69, 9.17) is 0 Å². The highest BCUT2D eigenvalue weighted by Gasteiger charge is 2.27. The molecule has 0 aliphatic heterocycles. The number of rotatable bonds is 10. The third-order valence-electron chi connectivity index (χ3n) is 4.73. The molecule has 0 aromatic heterocycles. The first-order valence-electron chi connectivity index (χ1n) is 9.73. The molecule has 28 heavy (non-hydrogen) atoms. The summed E-state index contributed by atoms with van der Waals surface area (Å²) >= 11 is 1.59. The van der Waals surface area contributed by atoms with Crippen molar-refractivity contribution in [1.29, 1.82) is 0 Å². The molecule has 2 aromatic carbocycles. The summed E-state index contributed by atoms with van der Waals surface area (Å²) in [7, 11) is 1.62. The first-order chi connectivity index (χ1) is 13.5. The van der Waals surface area contributed by atoms with E-state index in [0.717, 1.165) is 12.2 Å². The Hall–Kier alpha value is -2.27. The number of aryl methyl sites for hydroxylation is 1. The molecule has 0 aliphatic carbocycles. The fourth-order valence-electron chi connectivity index (χ4n) is 3.09. The van der Waals surface area contributed by atoms with Crippen LogP contribution in [0.15, 0.2) is 54.6 Å². The molecule has 2 rings (SSSR count). The monoisotopic (exact) mass is 398 g/mol. The Kier molecular flexibility index (Phi) is 9.08. The van der Waals surface area contributed by atoms with E-state index in [1.54, 1.807) is 23.7 Å². The van der Waals surface area contributed by atoms with E-state index in [-0.39, 0.29) is 11.8 Å². The van der Waals surface area contributed by atoms with Crippen LogP contribution < -0.4 is 5.32 Å². The molecule has 0 bridgehead atoms. The average molecular weight is 399 g/mol. The van der Waals surface area contributed by atoms with Gasteiger partial charge in [0.15, 0.2) is 0 Å². The normalized spacial score (nSPS) is 11.7. The van der Waals surface area contributed by atoms with E-state index in [9.17, 15) is 9.59 Å². The number of thioether (sulfide) groups is 1. The third-order valence-corrected chi connectivity index (χ3v) is 5.72. The Morgan fingerprint density at radius 2 is 1.71 bits per heavy atom. The molecule has 2 aromatic rings. The summed E-state index contributed by atoms with van der Waals surface area (Å²) in [5.74, 6) is 1.07. The fraction of sp³-hybridized carbons (Fsp3) is 0.391. The smallest absolute Gasteiger partial charge is 0.242 e. The number of carbonyl (C=O) groups excluding carboxylic acids is 2. The van der Waals surface area contributed by atoms with Crippen LogP contribution in [0.5, 0.6) is 0 Å². The summed E-state index contributed by atoms with van der Waals surface area (Å²) < 4.78 is 0. The summed E-state index contributed by atoms with van der Waals surface area (Å²) in [5.41, 5.74) is 3.60. The first kappa shape index (κ1) is 22.0. The van der Waals surface area contributed by atoms with Gasteiger partial charge in [0, 0.05) is 19.3 Å². The predicted octanol–water partition coefficient (Wildman–Crippen LogP) is 3.82. The van der Waals surface area contributed by atoms with Gasteiger partial charge < -0.3 is 10.2 Å². The van der Waals surface area contributed by atoms with Crippen molar-refractivity contribution in [2.24, 2.45) is 0 Å². The van der Waals surface area contributed by atoms with E-state index in [1.807, 2.05) is 25.1 Å². The van der Waals surface area contributed by atoms with Gasteiger partial charge in [-0.1, -0.05) is 67.1 Å². The number of nitrogens with one attached hydrogen (secondary N) is 1. The second-order valence-electron chi connectivity index (χ2n) is 6.84. The molecule has 0 unspecified atom stereocenters. The highest BCUT2D eigenvalue weighted by atomic mass is 32.2. The lowest BCUT2D eigenvalue weighted by Gasteiger charge is -2.30. The number of amides is 2. The van der Waals surface area contributed by atoms with Crippen LogP contribution in [0, 0.1) is 6.92 Å². The Morgan fingerprint density at radius 1 is 1.04 bits per heavy atom. The van der Waals surface area contributed by atoms with Crippen molar-refractivity contribution in [3.05, 3.63) is 71.3 Å². The third kappa shape index (κ3) is 6.71. The first-order valence-corrected chi connectivity index (χ1v) is 10.9. The molecule has 1 atom stereocenters. The number of hydrogen-bond acceptors (Lipinski definition) is 3. The largest absolute Gasteiger partial charge is 0.357 e. The Bertz CT molecular complexity index is 747. The maximum absolute atomic E-state index is 13.0. The number of likely N-dealkylation sites (N-methyl/N-ethyl adjacent to an activating group) is 1. The van der Waals surface area contributed by atoms with Crippen LogP contribution >= 0.6 is 11.8 Å². The van der Waals surface area contributed by atoms with E-state index in [2.05, 4.69) is 48.6 Å². The molecule has 0 heterocycles. The van der Waals surface area contributed by atoms with Crippen LogP contribution in [0.4, 0.5) is 0 Å². The summed E-state index contributed by atoms with van der Waals surface area (Å²) in [4.78, 5) is 27.0. The van der Waals surface area contributed by atoms with Crippen LogP contribution in [0.3, 0.4) is 0 Å². The summed E-state index contributed by atoms with van der Waals surface area (Å²) in [5, 5.41) is 2.70. The number of nitrogens with zero attached hydrogens (tertiary/aromatic N) is 1. The van der Waals surface area contributed by atoms with E-state index in [0.29, 0.717) is 18.7 Å². The molecule has 0 saturated heterocycles. The van der Waals surface area contributed by atoms with E-state index < -0.39 is 6.04 Å². The number of carbonyl (C=O) groups is 2. The standard InChI is InChI=1S/C23H30N2O2S/c1-4-21(23(27)24-3)25(15-14-19-8-6-5-7-9-19)22(26)17-28-16-20-12-10-18(2)11-13-20/h5-13,21H,4,14-17H2,1-3H3,(H,24,27)/t21-/m0/s1. The van der Waals surface area contributed by atoms with Crippen molar-refractivity contribution >= 4 is 23.6 Å². The van der Waals surface area contributed by atoms with Crippen LogP contribution in [-0.2, 0) is 21.8 Å². The zero-order valence-electron chi connectivity index (χ0n) is 17.0. The highest BCUT2D eigenvalue weighted by Crippen LogP contribution is 2.16. The second-order valence-corrected chi connectivity index (χ2v) is 7.83. The van der Waals surface area contributed by atoms with E-state index in [1.165, 1.54) is 16.7 Å². The topological polar surface area (TPSA) is 49.4 Å². The van der Waals surface area contributed by atoms with Gasteiger partial charge in [-0.15, -0.1) is 11.8 Å². The van der Waals surface area contributed by atoms with Crippen molar-refractivity contribution in [2.45, 2.75) is 38.5 Å². The van der Waals surface area contributed by atoms with Crippen LogP contribution in [0.1, 0.15) is 30.0 Å². The molecule has 2 amide bonds. The van der Waals surface area contributed by atoms with Gasteiger partial charge >= 0.3 is 0 Å². The molecule has 0 radical (unpaired) electrons. The van der Waals surface area contributed by atoms with Gasteiger partial charge in [-0.3, -0.25) is 9.59 Å². The molecule has 4 nitrogen and oxygen atoms in total. The molecule has 150 valence electrons. The summed E-state index contributed by atoms with van der Waals surface area (Å²) in [6.07, 6.45) is 1.34. The molecule has 0 spiro atoms. The summed E-state index contributed by atoms with van der Waals surface area (Å²) in [6, 6.07) is 18.0. The van der Waals surface area contributed by atoms with Crippen molar-refractivity contribution in [1.82, 2.24) is 10.2 Å². The molecule has 0 aliphatic rings. The fourth-order valence-corrected chi connectivity index (χ4v) is 3.96. The minimum atomic E-state index is -0.429. The van der Waals surface area contributed by atoms with Gasteiger partial charge in [0.25, 0.3) is 0 Å². The van der Waals surface area contributed by atoms with E-state index >= 15 is 0 Å². The maximum atomic E-state index is 13.0. The van der Waals surface area contributed by atoms with Crippen LogP contribution in [0.25, 0.3) is 0 Å². The van der Waals surface area contributed by atoms with Crippen molar-refractivity contribution < 1.29 is 9.59 Å². The molecular weight excluding hydrogens is 368 g/mol.